The largest absolute Gasteiger partial charge is 0.342 e. The van der Waals surface area contributed by atoms with Crippen LogP contribution in [0.25, 0.3) is 0 Å². The number of terminal acetylenes is 1. The maximum Gasteiger partial charge on any atom is 0.248 e. The van der Waals surface area contributed by atoms with Crippen LogP contribution in [0.15, 0.2) is 0 Å². The fraction of sp³-hybridized carbons (Fsp3) is 0.714. The van der Waals surface area contributed by atoms with E-state index in [0.717, 1.165) is 32.1 Å². The van der Waals surface area contributed by atoms with Gasteiger partial charge in [-0.3, -0.25) is 9.59 Å². The van der Waals surface area contributed by atoms with Gasteiger partial charge in [0, 0.05) is 25.9 Å². The predicted molar refractivity (Wildman–Crippen MR) is 68.6 cm³/mol. The van der Waals surface area contributed by atoms with Crippen molar-refractivity contribution in [3.8, 4) is 12.3 Å². The number of nitrogens with zero attached hydrogens (tertiary/aromatic N) is 1. The van der Waals surface area contributed by atoms with Crippen molar-refractivity contribution >= 4 is 11.8 Å². The van der Waals surface area contributed by atoms with E-state index in [4.69, 9.17) is 6.42 Å². The lowest BCUT2D eigenvalue weighted by Gasteiger charge is -2.31. The molecule has 0 bridgehead atoms. The van der Waals surface area contributed by atoms with E-state index in [1.807, 2.05) is 4.90 Å². The number of carbonyl (C=O) groups is 2. The Balaban J connectivity index is 2.09. The Morgan fingerprint density at radius 1 is 1.33 bits per heavy atom. The Hall–Kier alpha value is -1.50. The van der Waals surface area contributed by atoms with E-state index in [-0.39, 0.29) is 11.8 Å². The Labute approximate surface area is 108 Å². The van der Waals surface area contributed by atoms with Gasteiger partial charge in [0.2, 0.25) is 11.8 Å². The number of amides is 2. The second-order valence-corrected chi connectivity index (χ2v) is 5.19. The van der Waals surface area contributed by atoms with Crippen LogP contribution < -0.4 is 5.32 Å². The average molecular weight is 248 g/mol. The van der Waals surface area contributed by atoms with Gasteiger partial charge in [-0.2, -0.15) is 0 Å². The summed E-state index contributed by atoms with van der Waals surface area (Å²) in [6.07, 6.45) is 10.7. The zero-order chi connectivity index (χ0) is 13.0. The highest BCUT2D eigenvalue weighted by atomic mass is 16.2. The summed E-state index contributed by atoms with van der Waals surface area (Å²) in [6, 6.07) is 0. The molecule has 0 aromatic carbocycles. The number of hydrogen-bond donors (Lipinski definition) is 1. The molecule has 2 fully saturated rings. The van der Waals surface area contributed by atoms with Gasteiger partial charge >= 0.3 is 0 Å². The summed E-state index contributed by atoms with van der Waals surface area (Å²) in [5.74, 6) is 2.69. The third kappa shape index (κ3) is 2.50. The quantitative estimate of drug-likeness (QED) is 0.600. The molecule has 1 saturated carbocycles. The molecule has 0 radical (unpaired) electrons. The number of hydrogen-bond acceptors (Lipinski definition) is 2. The van der Waals surface area contributed by atoms with Crippen molar-refractivity contribution in [1.29, 1.82) is 0 Å². The smallest absolute Gasteiger partial charge is 0.248 e. The maximum atomic E-state index is 12.6. The summed E-state index contributed by atoms with van der Waals surface area (Å²) in [5, 5.41) is 2.95. The Kier molecular flexibility index (Phi) is 3.90. The number of rotatable bonds is 3. The first kappa shape index (κ1) is 12.9. The van der Waals surface area contributed by atoms with E-state index in [0.29, 0.717) is 25.9 Å². The summed E-state index contributed by atoms with van der Waals surface area (Å²) in [4.78, 5) is 26.1. The van der Waals surface area contributed by atoms with E-state index < -0.39 is 5.54 Å². The van der Waals surface area contributed by atoms with Crippen LogP contribution >= 0.6 is 0 Å². The SMILES string of the molecule is C#CCCCN1CCC(=O)NC2(CCCC2)C1=O. The zero-order valence-electron chi connectivity index (χ0n) is 10.7. The molecule has 0 unspecified atom stereocenters. The third-order valence-electron chi connectivity index (χ3n) is 3.89. The molecule has 0 aromatic rings. The molecule has 0 atom stereocenters. The molecule has 1 spiro atoms. The minimum atomic E-state index is -0.607. The van der Waals surface area contributed by atoms with Crippen molar-refractivity contribution < 1.29 is 9.59 Å². The molecule has 0 aromatic heterocycles. The first-order valence-electron chi connectivity index (χ1n) is 6.72. The molecule has 2 rings (SSSR count). The minimum absolute atomic E-state index is 0.00435. The van der Waals surface area contributed by atoms with E-state index in [1.54, 1.807) is 0 Å². The predicted octanol–water partition coefficient (Wildman–Crippen LogP) is 1.06. The molecule has 1 aliphatic carbocycles. The molecular formula is C14H20N2O2. The minimum Gasteiger partial charge on any atom is -0.342 e. The van der Waals surface area contributed by atoms with Crippen molar-refractivity contribution in [2.45, 2.75) is 50.5 Å². The van der Waals surface area contributed by atoms with Crippen LogP contribution in [0.1, 0.15) is 44.9 Å². The Bertz CT molecular complexity index is 378. The highest BCUT2D eigenvalue weighted by Gasteiger charge is 2.46. The first-order valence-corrected chi connectivity index (χ1v) is 6.72. The molecule has 4 nitrogen and oxygen atoms in total. The normalized spacial score (nSPS) is 22.7. The van der Waals surface area contributed by atoms with Gasteiger partial charge in [0.1, 0.15) is 5.54 Å². The molecular weight excluding hydrogens is 228 g/mol. The summed E-state index contributed by atoms with van der Waals surface area (Å²) < 4.78 is 0. The van der Waals surface area contributed by atoms with Gasteiger partial charge in [-0.1, -0.05) is 12.8 Å². The van der Waals surface area contributed by atoms with Crippen molar-refractivity contribution in [3.05, 3.63) is 0 Å². The number of nitrogens with one attached hydrogen (secondary N) is 1. The second-order valence-electron chi connectivity index (χ2n) is 5.19. The molecule has 1 heterocycles. The lowest BCUT2D eigenvalue weighted by molar-refractivity contribution is -0.138. The Morgan fingerprint density at radius 3 is 2.72 bits per heavy atom. The summed E-state index contributed by atoms with van der Waals surface area (Å²) >= 11 is 0. The summed E-state index contributed by atoms with van der Waals surface area (Å²) in [5.41, 5.74) is -0.607. The number of unbranched alkanes of at least 4 members (excludes halogenated alkanes) is 1. The second kappa shape index (κ2) is 5.43. The standard InChI is InChI=1S/C14H20N2O2/c1-2-3-6-10-16-11-7-12(17)15-14(13(16)18)8-4-5-9-14/h1H,3-11H2,(H,15,17). The van der Waals surface area contributed by atoms with E-state index in [9.17, 15) is 9.59 Å². The average Bonchev–Trinajstić information content (AvgIpc) is 2.78. The Morgan fingerprint density at radius 2 is 2.06 bits per heavy atom. The zero-order valence-corrected chi connectivity index (χ0v) is 10.7. The third-order valence-corrected chi connectivity index (χ3v) is 3.89. The number of carbonyl (C=O) groups excluding carboxylic acids is 2. The van der Waals surface area contributed by atoms with Gasteiger partial charge in [-0.05, 0) is 19.3 Å². The van der Waals surface area contributed by atoms with Crippen LogP contribution in [0.4, 0.5) is 0 Å². The fourth-order valence-corrected chi connectivity index (χ4v) is 2.93. The molecule has 1 aliphatic heterocycles. The van der Waals surface area contributed by atoms with Gasteiger partial charge in [0.05, 0.1) is 0 Å². The van der Waals surface area contributed by atoms with Crippen molar-refractivity contribution in [1.82, 2.24) is 10.2 Å². The molecule has 18 heavy (non-hydrogen) atoms. The van der Waals surface area contributed by atoms with E-state index >= 15 is 0 Å². The van der Waals surface area contributed by atoms with Gasteiger partial charge in [0.15, 0.2) is 0 Å². The molecule has 98 valence electrons. The van der Waals surface area contributed by atoms with Crippen molar-refractivity contribution in [3.63, 3.8) is 0 Å². The van der Waals surface area contributed by atoms with Crippen molar-refractivity contribution in [2.75, 3.05) is 13.1 Å². The van der Waals surface area contributed by atoms with E-state index in [2.05, 4.69) is 11.2 Å². The molecule has 1 N–H and O–H groups in total. The van der Waals surface area contributed by atoms with Gasteiger partial charge < -0.3 is 10.2 Å². The van der Waals surface area contributed by atoms with Gasteiger partial charge in [0.25, 0.3) is 0 Å². The highest BCUT2D eigenvalue weighted by Crippen LogP contribution is 2.33. The fourth-order valence-electron chi connectivity index (χ4n) is 2.93. The van der Waals surface area contributed by atoms with Gasteiger partial charge in [-0.15, -0.1) is 12.3 Å². The molecule has 4 heteroatoms. The van der Waals surface area contributed by atoms with Crippen LogP contribution in [-0.2, 0) is 9.59 Å². The van der Waals surface area contributed by atoms with Crippen LogP contribution in [0, 0.1) is 12.3 Å². The maximum absolute atomic E-state index is 12.6. The van der Waals surface area contributed by atoms with Crippen LogP contribution in [0.5, 0.6) is 0 Å². The van der Waals surface area contributed by atoms with Crippen molar-refractivity contribution in [2.24, 2.45) is 0 Å². The molecule has 2 aliphatic rings. The van der Waals surface area contributed by atoms with Crippen LogP contribution in [0.3, 0.4) is 0 Å². The van der Waals surface area contributed by atoms with Crippen LogP contribution in [-0.4, -0.2) is 35.3 Å². The molecule has 1 saturated heterocycles. The highest BCUT2D eigenvalue weighted by molar-refractivity contribution is 5.93. The topological polar surface area (TPSA) is 49.4 Å². The lowest BCUT2D eigenvalue weighted by Crippen LogP contribution is -2.55. The lowest BCUT2D eigenvalue weighted by atomic mass is 9.96. The van der Waals surface area contributed by atoms with E-state index in [1.165, 1.54) is 0 Å². The van der Waals surface area contributed by atoms with Gasteiger partial charge in [-0.25, -0.2) is 0 Å². The summed E-state index contributed by atoms with van der Waals surface area (Å²) in [6.45, 7) is 1.19. The van der Waals surface area contributed by atoms with Crippen LogP contribution in [0.2, 0.25) is 0 Å². The first-order chi connectivity index (χ1) is 8.68. The summed E-state index contributed by atoms with van der Waals surface area (Å²) in [7, 11) is 0. The monoisotopic (exact) mass is 248 g/mol. The molecule has 2 amide bonds.